The first-order valence-electron chi connectivity index (χ1n) is 6.43. The Morgan fingerprint density at radius 2 is 2.00 bits per heavy atom. The molecule has 102 valence electrons. The highest BCUT2D eigenvalue weighted by Crippen LogP contribution is 2.16. The van der Waals surface area contributed by atoms with E-state index in [2.05, 4.69) is 17.6 Å². The summed E-state index contributed by atoms with van der Waals surface area (Å²) in [4.78, 5) is 0. The average Bonchev–Trinajstić information content (AvgIpc) is 2.34. The van der Waals surface area contributed by atoms with Crippen molar-refractivity contribution in [1.82, 2.24) is 10.6 Å². The summed E-state index contributed by atoms with van der Waals surface area (Å²) in [5.41, 5.74) is 0.599. The number of rotatable bonds is 7. The maximum Gasteiger partial charge on any atom is 0.133 e. The summed E-state index contributed by atoms with van der Waals surface area (Å²) in [5.74, 6) is -0.935. The predicted octanol–water partition coefficient (Wildman–Crippen LogP) is 2.75. The van der Waals surface area contributed by atoms with Crippen LogP contribution in [0.2, 0.25) is 0 Å². The summed E-state index contributed by atoms with van der Waals surface area (Å²) in [7, 11) is 0. The molecule has 0 bridgehead atoms. The minimum atomic E-state index is -0.487. The Bertz CT molecular complexity index is 380. The van der Waals surface area contributed by atoms with Crippen LogP contribution < -0.4 is 10.6 Å². The van der Waals surface area contributed by atoms with Gasteiger partial charge < -0.3 is 10.6 Å². The van der Waals surface area contributed by atoms with Gasteiger partial charge in [0, 0.05) is 24.7 Å². The highest BCUT2D eigenvalue weighted by molar-refractivity contribution is 5.26. The molecule has 1 aromatic carbocycles. The van der Waals surface area contributed by atoms with Gasteiger partial charge in [-0.25, -0.2) is 8.78 Å². The molecule has 1 atom stereocenters. The molecule has 1 aromatic rings. The van der Waals surface area contributed by atoms with Crippen LogP contribution in [-0.4, -0.2) is 19.1 Å². The fraction of sp³-hybridized carbons (Fsp3) is 0.571. The number of hydrogen-bond donors (Lipinski definition) is 2. The zero-order chi connectivity index (χ0) is 13.5. The average molecular weight is 256 g/mol. The Kier molecular flexibility index (Phi) is 6.22. The zero-order valence-electron chi connectivity index (χ0n) is 11.3. The van der Waals surface area contributed by atoms with Crippen LogP contribution in [0.15, 0.2) is 12.1 Å². The summed E-state index contributed by atoms with van der Waals surface area (Å²) in [6.45, 7) is 7.71. The molecule has 0 fully saturated rings. The van der Waals surface area contributed by atoms with Crippen molar-refractivity contribution in [1.29, 1.82) is 0 Å². The molecule has 0 radical (unpaired) electrons. The van der Waals surface area contributed by atoms with E-state index in [0.29, 0.717) is 5.56 Å². The Balaban J connectivity index is 2.50. The molecule has 0 amide bonds. The van der Waals surface area contributed by atoms with Crippen LogP contribution in [0, 0.1) is 18.6 Å². The van der Waals surface area contributed by atoms with Crippen molar-refractivity contribution in [2.24, 2.45) is 0 Å². The maximum absolute atomic E-state index is 13.7. The molecular weight excluding hydrogens is 234 g/mol. The van der Waals surface area contributed by atoms with Crippen molar-refractivity contribution in [3.63, 3.8) is 0 Å². The first-order chi connectivity index (χ1) is 8.56. The predicted molar refractivity (Wildman–Crippen MR) is 70.6 cm³/mol. The third-order valence-electron chi connectivity index (χ3n) is 2.88. The Morgan fingerprint density at radius 3 is 2.67 bits per heavy atom. The Morgan fingerprint density at radius 1 is 1.28 bits per heavy atom. The first-order valence-corrected chi connectivity index (χ1v) is 6.43. The standard InChI is InChI=1S/C14H22F2N2/c1-4-7-17-8-11(3)18-9-12-13(15)6-5-10(2)14(12)16/h5-6,11,17-18H,4,7-9H2,1-3H3. The Hall–Kier alpha value is -1.00. The molecule has 0 saturated heterocycles. The van der Waals surface area contributed by atoms with Crippen LogP contribution in [-0.2, 0) is 6.54 Å². The molecule has 2 N–H and O–H groups in total. The van der Waals surface area contributed by atoms with Crippen molar-refractivity contribution in [2.75, 3.05) is 13.1 Å². The van der Waals surface area contributed by atoms with E-state index in [-0.39, 0.29) is 18.2 Å². The SMILES string of the molecule is CCCNCC(C)NCc1c(F)ccc(C)c1F. The molecule has 4 heteroatoms. The van der Waals surface area contributed by atoms with E-state index in [1.165, 1.54) is 12.1 Å². The van der Waals surface area contributed by atoms with Crippen molar-refractivity contribution >= 4 is 0 Å². The lowest BCUT2D eigenvalue weighted by Gasteiger charge is -2.15. The first kappa shape index (κ1) is 15.1. The second-order valence-electron chi connectivity index (χ2n) is 4.64. The molecule has 18 heavy (non-hydrogen) atoms. The molecule has 1 unspecified atom stereocenters. The third kappa shape index (κ3) is 4.35. The fourth-order valence-electron chi connectivity index (χ4n) is 1.72. The number of halogens is 2. The fourth-order valence-corrected chi connectivity index (χ4v) is 1.72. The van der Waals surface area contributed by atoms with Crippen LogP contribution in [0.25, 0.3) is 0 Å². The quantitative estimate of drug-likeness (QED) is 0.733. The van der Waals surface area contributed by atoms with Gasteiger partial charge >= 0.3 is 0 Å². The molecule has 0 saturated carbocycles. The van der Waals surface area contributed by atoms with Gasteiger partial charge in [0.2, 0.25) is 0 Å². The van der Waals surface area contributed by atoms with E-state index < -0.39 is 11.6 Å². The van der Waals surface area contributed by atoms with Gasteiger partial charge in [0.05, 0.1) is 0 Å². The van der Waals surface area contributed by atoms with Crippen LogP contribution in [0.4, 0.5) is 8.78 Å². The highest BCUT2D eigenvalue weighted by atomic mass is 19.1. The number of hydrogen-bond acceptors (Lipinski definition) is 2. The van der Waals surface area contributed by atoms with Gasteiger partial charge in [-0.3, -0.25) is 0 Å². The Labute approximate surface area is 108 Å². The van der Waals surface area contributed by atoms with E-state index in [4.69, 9.17) is 0 Å². The van der Waals surface area contributed by atoms with Gasteiger partial charge in [-0.15, -0.1) is 0 Å². The van der Waals surface area contributed by atoms with Crippen molar-refractivity contribution in [2.45, 2.75) is 39.8 Å². The van der Waals surface area contributed by atoms with Gasteiger partial charge in [-0.2, -0.15) is 0 Å². The van der Waals surface area contributed by atoms with Crippen LogP contribution in [0.5, 0.6) is 0 Å². The maximum atomic E-state index is 13.7. The normalized spacial score (nSPS) is 12.7. The number of benzene rings is 1. The molecule has 2 nitrogen and oxygen atoms in total. The summed E-state index contributed by atoms with van der Waals surface area (Å²) >= 11 is 0. The lowest BCUT2D eigenvalue weighted by atomic mass is 10.1. The molecule has 0 heterocycles. The second kappa shape index (κ2) is 7.44. The summed E-state index contributed by atoms with van der Waals surface area (Å²) in [5, 5.41) is 6.39. The topological polar surface area (TPSA) is 24.1 Å². The number of nitrogens with one attached hydrogen (secondary N) is 2. The van der Waals surface area contributed by atoms with E-state index in [1.54, 1.807) is 6.92 Å². The lowest BCUT2D eigenvalue weighted by Crippen LogP contribution is -2.36. The van der Waals surface area contributed by atoms with Crippen LogP contribution >= 0.6 is 0 Å². The minimum absolute atomic E-state index is 0.123. The number of aryl methyl sites for hydroxylation is 1. The van der Waals surface area contributed by atoms with Crippen LogP contribution in [0.1, 0.15) is 31.4 Å². The van der Waals surface area contributed by atoms with Crippen molar-refractivity contribution < 1.29 is 8.78 Å². The van der Waals surface area contributed by atoms with Gasteiger partial charge in [0.1, 0.15) is 11.6 Å². The molecule has 0 spiro atoms. The summed E-state index contributed by atoms with van der Waals surface area (Å²) in [6.07, 6.45) is 1.08. The molecule has 1 rings (SSSR count). The van der Waals surface area contributed by atoms with Crippen LogP contribution in [0.3, 0.4) is 0 Å². The highest BCUT2D eigenvalue weighted by Gasteiger charge is 2.12. The van der Waals surface area contributed by atoms with E-state index in [1.807, 2.05) is 6.92 Å². The molecule has 0 aromatic heterocycles. The molecule has 0 aliphatic heterocycles. The molecule has 0 aliphatic carbocycles. The van der Waals surface area contributed by atoms with Gasteiger partial charge in [-0.05, 0) is 38.4 Å². The zero-order valence-corrected chi connectivity index (χ0v) is 11.3. The van der Waals surface area contributed by atoms with E-state index >= 15 is 0 Å². The van der Waals surface area contributed by atoms with Crippen molar-refractivity contribution in [3.8, 4) is 0 Å². The van der Waals surface area contributed by atoms with Gasteiger partial charge in [0.15, 0.2) is 0 Å². The van der Waals surface area contributed by atoms with E-state index in [0.717, 1.165) is 19.5 Å². The van der Waals surface area contributed by atoms with Crippen molar-refractivity contribution in [3.05, 3.63) is 34.9 Å². The van der Waals surface area contributed by atoms with Gasteiger partial charge in [-0.1, -0.05) is 13.0 Å². The lowest BCUT2D eigenvalue weighted by molar-refractivity contribution is 0.475. The smallest absolute Gasteiger partial charge is 0.133 e. The summed E-state index contributed by atoms with van der Waals surface area (Å²) < 4.78 is 27.2. The monoisotopic (exact) mass is 256 g/mol. The third-order valence-corrected chi connectivity index (χ3v) is 2.88. The molecular formula is C14H22F2N2. The summed E-state index contributed by atoms with van der Waals surface area (Å²) in [6, 6.07) is 2.95. The van der Waals surface area contributed by atoms with Gasteiger partial charge in [0.25, 0.3) is 0 Å². The largest absolute Gasteiger partial charge is 0.315 e. The second-order valence-corrected chi connectivity index (χ2v) is 4.64. The minimum Gasteiger partial charge on any atom is -0.315 e. The van der Waals surface area contributed by atoms with E-state index in [9.17, 15) is 8.78 Å². The molecule has 0 aliphatic rings.